The van der Waals surface area contributed by atoms with Crippen molar-refractivity contribution in [1.82, 2.24) is 29.6 Å². The van der Waals surface area contributed by atoms with Gasteiger partial charge in [-0.3, -0.25) is 9.80 Å². The number of rotatable bonds is 3. The van der Waals surface area contributed by atoms with Crippen molar-refractivity contribution in [3.8, 4) is 12.3 Å². The van der Waals surface area contributed by atoms with Crippen molar-refractivity contribution in [1.29, 1.82) is 0 Å². The Balaban J connectivity index is 1.98. The zero-order valence-electron chi connectivity index (χ0n) is 12.4. The van der Waals surface area contributed by atoms with Gasteiger partial charge in [0.15, 0.2) is 0 Å². The van der Waals surface area contributed by atoms with Crippen molar-refractivity contribution in [3.05, 3.63) is 4.77 Å². The number of hydrogen-bond acceptors (Lipinski definition) is 5. The minimum absolute atomic E-state index is 0.138. The summed E-state index contributed by atoms with van der Waals surface area (Å²) >= 11 is 5.44. The second-order valence-corrected chi connectivity index (χ2v) is 6.45. The van der Waals surface area contributed by atoms with Crippen LogP contribution in [0.25, 0.3) is 0 Å². The van der Waals surface area contributed by atoms with Gasteiger partial charge in [-0.25, -0.2) is 9.36 Å². The fourth-order valence-electron chi connectivity index (χ4n) is 2.19. The lowest BCUT2D eigenvalue weighted by molar-refractivity contribution is 0.110. The second-order valence-electron chi connectivity index (χ2n) is 6.08. The van der Waals surface area contributed by atoms with Gasteiger partial charge in [-0.05, 0) is 43.4 Å². The predicted octanol–water partition coefficient (Wildman–Crippen LogP) is 0.772. The summed E-state index contributed by atoms with van der Waals surface area (Å²) < 4.78 is 4.25. The predicted molar refractivity (Wildman–Crippen MR) is 80.7 cm³/mol. The van der Waals surface area contributed by atoms with Crippen LogP contribution in [0.15, 0.2) is 0 Å². The summed E-state index contributed by atoms with van der Waals surface area (Å²) in [6.07, 6.45) is 5.34. The van der Waals surface area contributed by atoms with E-state index in [0.717, 1.165) is 32.7 Å². The highest BCUT2D eigenvalue weighted by molar-refractivity contribution is 7.71. The Morgan fingerprint density at radius 1 is 1.15 bits per heavy atom. The molecule has 1 aromatic heterocycles. The molecule has 0 bridgehead atoms. The molecule has 2 heterocycles. The van der Waals surface area contributed by atoms with Crippen LogP contribution in [0.2, 0.25) is 0 Å². The van der Waals surface area contributed by atoms with Crippen molar-refractivity contribution in [2.24, 2.45) is 0 Å². The number of nitrogens with zero attached hydrogens (tertiary/aromatic N) is 6. The van der Waals surface area contributed by atoms with Crippen LogP contribution >= 0.6 is 12.2 Å². The summed E-state index contributed by atoms with van der Waals surface area (Å²) in [6, 6.07) is 0. The van der Waals surface area contributed by atoms with E-state index in [0.29, 0.717) is 11.4 Å². The molecule has 0 saturated carbocycles. The first kappa shape index (κ1) is 15.2. The van der Waals surface area contributed by atoms with E-state index < -0.39 is 0 Å². The van der Waals surface area contributed by atoms with Gasteiger partial charge < -0.3 is 0 Å². The lowest BCUT2D eigenvalue weighted by atomic mass is 10.1. The highest BCUT2D eigenvalue weighted by atomic mass is 32.1. The lowest BCUT2D eigenvalue weighted by Crippen LogP contribution is -2.46. The van der Waals surface area contributed by atoms with Crippen molar-refractivity contribution in [2.45, 2.75) is 33.0 Å². The number of tetrazole rings is 1. The Labute approximate surface area is 125 Å². The number of aromatic nitrogens is 4. The Kier molecular flexibility index (Phi) is 4.58. The second kappa shape index (κ2) is 6.04. The zero-order valence-corrected chi connectivity index (χ0v) is 13.2. The molecule has 0 radical (unpaired) electrons. The van der Waals surface area contributed by atoms with Gasteiger partial charge in [0.1, 0.15) is 0 Å². The molecule has 7 heteroatoms. The lowest BCUT2D eigenvalue weighted by Gasteiger charge is -2.33. The molecular formula is C13H22N6S. The highest BCUT2D eigenvalue weighted by Crippen LogP contribution is 2.12. The minimum Gasteiger partial charge on any atom is -0.290 e. The molecular weight excluding hydrogens is 272 g/mol. The van der Waals surface area contributed by atoms with Crippen LogP contribution in [0.1, 0.15) is 20.8 Å². The van der Waals surface area contributed by atoms with Crippen molar-refractivity contribution in [2.75, 3.05) is 32.7 Å². The number of piperazine rings is 1. The summed E-state index contributed by atoms with van der Waals surface area (Å²) in [4.78, 5) is 4.60. The first-order chi connectivity index (χ1) is 9.41. The fraction of sp³-hybridized carbons (Fsp3) is 0.769. The topological polar surface area (TPSA) is 42.1 Å². The van der Waals surface area contributed by atoms with Gasteiger partial charge in [-0.2, -0.15) is 0 Å². The Hall–Kier alpha value is -1.23. The average molecular weight is 294 g/mol. The molecule has 1 saturated heterocycles. The maximum absolute atomic E-state index is 5.44. The maximum atomic E-state index is 5.44. The molecule has 20 heavy (non-hydrogen) atoms. The quantitative estimate of drug-likeness (QED) is 0.608. The van der Waals surface area contributed by atoms with E-state index >= 15 is 0 Å². The largest absolute Gasteiger partial charge is 0.290 e. The van der Waals surface area contributed by atoms with Crippen LogP contribution in [0.4, 0.5) is 0 Å². The molecule has 0 atom stereocenters. The first-order valence-corrected chi connectivity index (χ1v) is 7.24. The molecule has 0 amide bonds. The summed E-state index contributed by atoms with van der Waals surface area (Å²) in [5, 5.41) is 8.33. The van der Waals surface area contributed by atoms with Crippen LogP contribution < -0.4 is 0 Å². The van der Waals surface area contributed by atoms with E-state index in [4.69, 9.17) is 18.6 Å². The van der Waals surface area contributed by atoms with Gasteiger partial charge >= 0.3 is 0 Å². The van der Waals surface area contributed by atoms with Gasteiger partial charge in [0.25, 0.3) is 0 Å². The average Bonchev–Trinajstić information content (AvgIpc) is 2.74. The third-order valence-electron chi connectivity index (χ3n) is 3.39. The Morgan fingerprint density at radius 2 is 1.75 bits per heavy atom. The van der Waals surface area contributed by atoms with E-state index in [1.807, 2.05) is 0 Å². The summed E-state index contributed by atoms with van der Waals surface area (Å²) in [7, 11) is 0. The van der Waals surface area contributed by atoms with Crippen molar-refractivity contribution < 1.29 is 0 Å². The summed E-state index contributed by atoms with van der Waals surface area (Å²) in [6.45, 7) is 11.6. The van der Waals surface area contributed by atoms with E-state index in [2.05, 4.69) is 46.9 Å². The standard InChI is InChI=1S/C13H22N6S/c1-5-6-16-7-9-17(10-8-16)11-18-12(20)19(15-14-18)13(2,3)4/h1H,6-11H2,2-4H3. The summed E-state index contributed by atoms with van der Waals surface area (Å²) in [5.74, 6) is 2.69. The molecule has 2 rings (SSSR count). The molecule has 0 unspecified atom stereocenters. The number of terminal acetylenes is 1. The molecule has 0 aromatic carbocycles. The monoisotopic (exact) mass is 294 g/mol. The van der Waals surface area contributed by atoms with Gasteiger partial charge in [-0.15, -0.1) is 6.42 Å². The van der Waals surface area contributed by atoms with Crippen molar-refractivity contribution >= 4 is 12.2 Å². The van der Waals surface area contributed by atoms with Crippen LogP contribution in [0.3, 0.4) is 0 Å². The van der Waals surface area contributed by atoms with Crippen molar-refractivity contribution in [3.63, 3.8) is 0 Å². The number of hydrogen-bond donors (Lipinski definition) is 0. The van der Waals surface area contributed by atoms with Crippen LogP contribution in [-0.4, -0.2) is 62.3 Å². The zero-order chi connectivity index (χ0) is 14.8. The van der Waals surface area contributed by atoms with Crippen LogP contribution in [-0.2, 0) is 12.2 Å². The molecule has 0 aliphatic carbocycles. The molecule has 1 aromatic rings. The third kappa shape index (κ3) is 3.45. The third-order valence-corrected chi connectivity index (χ3v) is 3.77. The normalized spacial score (nSPS) is 18.1. The Bertz CT molecular complexity index is 538. The van der Waals surface area contributed by atoms with Gasteiger partial charge in [-0.1, -0.05) is 5.92 Å². The molecule has 0 N–H and O–H groups in total. The minimum atomic E-state index is -0.138. The SMILES string of the molecule is C#CCN1CCN(Cn2nnn(C(C)(C)C)c2=S)CC1. The van der Waals surface area contributed by atoms with Gasteiger partial charge in [0.2, 0.25) is 4.77 Å². The molecule has 110 valence electrons. The van der Waals surface area contributed by atoms with Crippen LogP contribution in [0.5, 0.6) is 0 Å². The molecule has 6 nitrogen and oxygen atoms in total. The van der Waals surface area contributed by atoms with Crippen LogP contribution in [0, 0.1) is 17.1 Å². The van der Waals surface area contributed by atoms with E-state index in [1.54, 1.807) is 9.36 Å². The molecule has 1 aliphatic heterocycles. The molecule has 0 spiro atoms. The highest BCUT2D eigenvalue weighted by Gasteiger charge is 2.20. The van der Waals surface area contributed by atoms with Gasteiger partial charge in [0.05, 0.1) is 18.8 Å². The maximum Gasteiger partial charge on any atom is 0.217 e. The first-order valence-electron chi connectivity index (χ1n) is 6.83. The van der Waals surface area contributed by atoms with E-state index in [1.165, 1.54) is 0 Å². The summed E-state index contributed by atoms with van der Waals surface area (Å²) in [5.41, 5.74) is -0.138. The molecule has 1 aliphatic rings. The van der Waals surface area contributed by atoms with E-state index in [9.17, 15) is 0 Å². The van der Waals surface area contributed by atoms with Gasteiger partial charge in [0, 0.05) is 26.2 Å². The molecule has 1 fully saturated rings. The Morgan fingerprint density at radius 3 is 2.25 bits per heavy atom. The van der Waals surface area contributed by atoms with E-state index in [-0.39, 0.29) is 5.54 Å². The smallest absolute Gasteiger partial charge is 0.217 e. The fourth-order valence-corrected chi connectivity index (χ4v) is 2.60.